The van der Waals surface area contributed by atoms with Gasteiger partial charge in [0.15, 0.2) is 0 Å². The van der Waals surface area contributed by atoms with Crippen LogP contribution in [-0.4, -0.2) is 54.6 Å². The quantitative estimate of drug-likeness (QED) is 0.679. The fourth-order valence-corrected chi connectivity index (χ4v) is 2.43. The standard InChI is InChI=1S/C13H23N3O4/c1-3-13(11(18)19)5-8-16(9-6-13)7-4-10(17)15-12(20)14-2/h3-9H2,1-2H3,(H,18,19)(H2,14,15,17,20). The van der Waals surface area contributed by atoms with Crippen molar-refractivity contribution in [3.63, 3.8) is 0 Å². The molecule has 0 aromatic rings. The first-order valence-electron chi connectivity index (χ1n) is 6.91. The van der Waals surface area contributed by atoms with Gasteiger partial charge in [-0.05, 0) is 32.4 Å². The third-order valence-electron chi connectivity index (χ3n) is 4.08. The smallest absolute Gasteiger partial charge is 0.321 e. The van der Waals surface area contributed by atoms with Crippen LogP contribution in [0, 0.1) is 5.41 Å². The Balaban J connectivity index is 2.34. The lowest BCUT2D eigenvalue weighted by molar-refractivity contribution is -0.152. The number of carbonyl (C=O) groups excluding carboxylic acids is 2. The van der Waals surface area contributed by atoms with Crippen LogP contribution in [0.1, 0.15) is 32.6 Å². The van der Waals surface area contributed by atoms with Crippen LogP contribution in [0.5, 0.6) is 0 Å². The Hall–Kier alpha value is -1.63. The number of nitrogens with zero attached hydrogens (tertiary/aromatic N) is 1. The fraction of sp³-hybridized carbons (Fsp3) is 0.769. The molecule has 1 fully saturated rings. The maximum absolute atomic E-state index is 11.5. The Morgan fingerprint density at radius 2 is 1.85 bits per heavy atom. The molecule has 20 heavy (non-hydrogen) atoms. The number of carboxylic acid groups (broad SMARTS) is 1. The number of piperidine rings is 1. The van der Waals surface area contributed by atoms with E-state index in [0.29, 0.717) is 38.9 Å². The minimum atomic E-state index is -0.725. The lowest BCUT2D eigenvalue weighted by Gasteiger charge is -2.38. The highest BCUT2D eigenvalue weighted by molar-refractivity contribution is 5.94. The molecule has 1 heterocycles. The Kier molecular flexibility index (Phi) is 5.94. The highest BCUT2D eigenvalue weighted by Crippen LogP contribution is 2.35. The summed E-state index contributed by atoms with van der Waals surface area (Å²) in [6, 6.07) is -0.510. The number of hydrogen-bond acceptors (Lipinski definition) is 4. The van der Waals surface area contributed by atoms with Crippen molar-refractivity contribution in [3.8, 4) is 0 Å². The lowest BCUT2D eigenvalue weighted by Crippen LogP contribution is -2.45. The normalized spacial score (nSPS) is 18.3. The van der Waals surface area contributed by atoms with Gasteiger partial charge in [0.2, 0.25) is 5.91 Å². The van der Waals surface area contributed by atoms with E-state index in [1.165, 1.54) is 7.05 Å². The van der Waals surface area contributed by atoms with Gasteiger partial charge in [-0.25, -0.2) is 4.79 Å². The zero-order valence-electron chi connectivity index (χ0n) is 12.1. The molecule has 0 saturated carbocycles. The number of amides is 3. The Labute approximate surface area is 118 Å². The molecule has 0 radical (unpaired) electrons. The molecule has 7 nitrogen and oxygen atoms in total. The van der Waals surface area contributed by atoms with Crippen molar-refractivity contribution in [3.05, 3.63) is 0 Å². The number of carbonyl (C=O) groups is 3. The van der Waals surface area contributed by atoms with Crippen LogP contribution < -0.4 is 10.6 Å². The van der Waals surface area contributed by atoms with E-state index in [1.807, 2.05) is 6.92 Å². The summed E-state index contributed by atoms with van der Waals surface area (Å²) in [7, 11) is 1.45. The maximum atomic E-state index is 11.5. The molecule has 1 aliphatic rings. The molecule has 1 saturated heterocycles. The predicted octanol–water partition coefficient (Wildman–Crippen LogP) is 0.409. The third-order valence-corrected chi connectivity index (χ3v) is 4.08. The Morgan fingerprint density at radius 1 is 1.25 bits per heavy atom. The molecule has 1 rings (SSSR count). The number of likely N-dealkylation sites (tertiary alicyclic amines) is 1. The van der Waals surface area contributed by atoms with Gasteiger partial charge >= 0.3 is 12.0 Å². The van der Waals surface area contributed by atoms with Gasteiger partial charge in [-0.15, -0.1) is 0 Å². The van der Waals surface area contributed by atoms with Crippen LogP contribution in [0.2, 0.25) is 0 Å². The summed E-state index contributed by atoms with van der Waals surface area (Å²) in [6.07, 6.45) is 2.08. The average molecular weight is 285 g/mol. The zero-order valence-corrected chi connectivity index (χ0v) is 12.1. The Bertz CT molecular complexity index is 376. The van der Waals surface area contributed by atoms with Gasteiger partial charge in [0, 0.05) is 20.0 Å². The summed E-state index contributed by atoms with van der Waals surface area (Å²) in [5, 5.41) is 13.8. The summed E-state index contributed by atoms with van der Waals surface area (Å²) >= 11 is 0. The number of aliphatic carboxylic acids is 1. The minimum absolute atomic E-state index is 0.236. The summed E-state index contributed by atoms with van der Waals surface area (Å²) in [5.41, 5.74) is -0.610. The lowest BCUT2D eigenvalue weighted by atomic mass is 9.76. The zero-order chi connectivity index (χ0) is 15.2. The van der Waals surface area contributed by atoms with Gasteiger partial charge < -0.3 is 15.3 Å². The van der Waals surface area contributed by atoms with Gasteiger partial charge in [-0.1, -0.05) is 6.92 Å². The van der Waals surface area contributed by atoms with Crippen molar-refractivity contribution in [2.45, 2.75) is 32.6 Å². The van der Waals surface area contributed by atoms with E-state index in [0.717, 1.165) is 0 Å². The molecule has 114 valence electrons. The minimum Gasteiger partial charge on any atom is -0.481 e. The van der Waals surface area contributed by atoms with Gasteiger partial charge in [-0.2, -0.15) is 0 Å². The van der Waals surface area contributed by atoms with Crippen molar-refractivity contribution in [2.75, 3.05) is 26.7 Å². The molecule has 1 aliphatic heterocycles. The number of nitrogens with one attached hydrogen (secondary N) is 2. The highest BCUT2D eigenvalue weighted by atomic mass is 16.4. The van der Waals surface area contributed by atoms with Crippen molar-refractivity contribution in [2.24, 2.45) is 5.41 Å². The molecule has 0 aromatic heterocycles. The van der Waals surface area contributed by atoms with E-state index >= 15 is 0 Å². The highest BCUT2D eigenvalue weighted by Gasteiger charge is 2.39. The van der Waals surface area contributed by atoms with Gasteiger partial charge in [-0.3, -0.25) is 14.9 Å². The van der Waals surface area contributed by atoms with Crippen molar-refractivity contribution >= 4 is 17.9 Å². The first kappa shape index (κ1) is 16.4. The molecule has 0 spiro atoms. The molecule has 3 amide bonds. The fourth-order valence-electron chi connectivity index (χ4n) is 2.43. The second-order valence-electron chi connectivity index (χ2n) is 5.16. The molecule has 0 unspecified atom stereocenters. The van der Waals surface area contributed by atoms with E-state index in [-0.39, 0.29) is 12.3 Å². The summed E-state index contributed by atoms with van der Waals surface area (Å²) < 4.78 is 0. The van der Waals surface area contributed by atoms with Crippen LogP contribution >= 0.6 is 0 Å². The van der Waals surface area contributed by atoms with Crippen molar-refractivity contribution < 1.29 is 19.5 Å². The van der Waals surface area contributed by atoms with E-state index in [1.54, 1.807) is 0 Å². The third kappa shape index (κ3) is 4.19. The van der Waals surface area contributed by atoms with Crippen LogP contribution in [-0.2, 0) is 9.59 Å². The Morgan fingerprint density at radius 3 is 2.30 bits per heavy atom. The van der Waals surface area contributed by atoms with E-state index in [4.69, 9.17) is 0 Å². The molecule has 0 aliphatic carbocycles. The first-order valence-corrected chi connectivity index (χ1v) is 6.91. The molecule has 7 heteroatoms. The molecule has 0 bridgehead atoms. The van der Waals surface area contributed by atoms with Gasteiger partial charge in [0.1, 0.15) is 0 Å². The topological polar surface area (TPSA) is 98.7 Å². The van der Waals surface area contributed by atoms with E-state index in [2.05, 4.69) is 15.5 Å². The second kappa shape index (κ2) is 7.23. The largest absolute Gasteiger partial charge is 0.481 e. The van der Waals surface area contributed by atoms with Gasteiger partial charge in [0.05, 0.1) is 5.41 Å². The predicted molar refractivity (Wildman–Crippen MR) is 73.2 cm³/mol. The van der Waals surface area contributed by atoms with Crippen molar-refractivity contribution in [1.82, 2.24) is 15.5 Å². The van der Waals surface area contributed by atoms with Gasteiger partial charge in [0.25, 0.3) is 0 Å². The van der Waals surface area contributed by atoms with Crippen LogP contribution in [0.25, 0.3) is 0 Å². The van der Waals surface area contributed by atoms with E-state index < -0.39 is 17.4 Å². The number of rotatable bonds is 5. The molecular weight excluding hydrogens is 262 g/mol. The molecule has 3 N–H and O–H groups in total. The number of hydrogen-bond donors (Lipinski definition) is 3. The van der Waals surface area contributed by atoms with Crippen LogP contribution in [0.3, 0.4) is 0 Å². The summed E-state index contributed by atoms with van der Waals surface area (Å²) in [4.78, 5) is 35.8. The SMILES string of the molecule is CCC1(C(=O)O)CCN(CCC(=O)NC(=O)NC)CC1. The molecule has 0 aromatic carbocycles. The first-order chi connectivity index (χ1) is 9.43. The molecule has 0 atom stereocenters. The number of imide groups is 1. The van der Waals surface area contributed by atoms with Crippen molar-refractivity contribution in [1.29, 1.82) is 0 Å². The number of urea groups is 1. The molecular formula is C13H23N3O4. The second-order valence-corrected chi connectivity index (χ2v) is 5.16. The maximum Gasteiger partial charge on any atom is 0.321 e. The summed E-state index contributed by atoms with van der Waals surface area (Å²) in [6.45, 7) is 3.80. The van der Waals surface area contributed by atoms with Crippen LogP contribution in [0.15, 0.2) is 0 Å². The van der Waals surface area contributed by atoms with Crippen LogP contribution in [0.4, 0.5) is 4.79 Å². The number of carboxylic acids is 1. The van der Waals surface area contributed by atoms with E-state index in [9.17, 15) is 19.5 Å². The summed E-state index contributed by atoms with van der Waals surface area (Å²) in [5.74, 6) is -1.05. The average Bonchev–Trinajstić information content (AvgIpc) is 2.45. The monoisotopic (exact) mass is 285 g/mol.